The molecule has 0 aromatic carbocycles. The Morgan fingerprint density at radius 2 is 1.95 bits per heavy atom. The summed E-state index contributed by atoms with van der Waals surface area (Å²) in [5.41, 5.74) is 0. The number of likely N-dealkylation sites (N-methyl/N-ethyl adjacent to an activating group) is 1. The van der Waals surface area contributed by atoms with Crippen molar-refractivity contribution in [3.05, 3.63) is 15.8 Å². The number of thiophene rings is 1. The Bertz CT molecular complexity index is 531. The summed E-state index contributed by atoms with van der Waals surface area (Å²) >= 11 is 1.55. The van der Waals surface area contributed by atoms with E-state index in [4.69, 9.17) is 0 Å². The van der Waals surface area contributed by atoms with E-state index in [0.29, 0.717) is 24.5 Å². The topological polar surface area (TPSA) is 52.7 Å². The van der Waals surface area contributed by atoms with Crippen LogP contribution in [-0.4, -0.2) is 57.9 Å². The zero-order valence-electron chi connectivity index (χ0n) is 11.6. The van der Waals surface area contributed by atoms with Crippen LogP contribution in [0.2, 0.25) is 0 Å². The minimum Gasteiger partial charge on any atom is -0.315 e. The first-order valence-corrected chi connectivity index (χ1v) is 8.63. The maximum Gasteiger partial charge on any atom is 0.244 e. The molecule has 0 unspecified atom stereocenters. The molecular weight excluding hydrogens is 282 g/mol. The average molecular weight is 303 g/mol. The first kappa shape index (κ1) is 14.9. The Kier molecular flexibility index (Phi) is 4.62. The normalized spacial score (nSPS) is 18.9. The second-order valence-corrected chi connectivity index (χ2v) is 8.12. The van der Waals surface area contributed by atoms with E-state index in [1.54, 1.807) is 15.6 Å². The molecule has 0 saturated carbocycles. The average Bonchev–Trinajstić information content (AvgIpc) is 2.72. The molecule has 1 saturated heterocycles. The van der Waals surface area contributed by atoms with Gasteiger partial charge in [0.05, 0.1) is 4.90 Å². The van der Waals surface area contributed by atoms with Crippen LogP contribution in [0, 0.1) is 6.92 Å². The van der Waals surface area contributed by atoms with Crippen LogP contribution in [0.15, 0.2) is 11.0 Å². The lowest BCUT2D eigenvalue weighted by Gasteiger charge is -2.31. The fourth-order valence-corrected chi connectivity index (χ4v) is 5.25. The summed E-state index contributed by atoms with van der Waals surface area (Å²) in [6, 6.07) is 1.81. The molecule has 0 bridgehead atoms. The number of hydrogen-bond donors (Lipinski definition) is 1. The van der Waals surface area contributed by atoms with Crippen molar-refractivity contribution in [2.45, 2.75) is 18.4 Å². The van der Waals surface area contributed by atoms with Gasteiger partial charge in [0.2, 0.25) is 10.0 Å². The number of hydrogen-bond acceptors (Lipinski definition) is 5. The third kappa shape index (κ3) is 3.17. The minimum absolute atomic E-state index is 0.479. The second kappa shape index (κ2) is 5.88. The van der Waals surface area contributed by atoms with Crippen molar-refractivity contribution < 1.29 is 8.42 Å². The van der Waals surface area contributed by atoms with Crippen molar-refractivity contribution in [2.75, 3.05) is 40.3 Å². The van der Waals surface area contributed by atoms with E-state index in [1.165, 1.54) is 0 Å². The van der Waals surface area contributed by atoms with Gasteiger partial charge in [-0.15, -0.1) is 11.3 Å². The lowest BCUT2D eigenvalue weighted by atomic mass is 10.4. The largest absolute Gasteiger partial charge is 0.315 e. The number of aryl methyl sites for hydroxylation is 1. The zero-order chi connectivity index (χ0) is 14.0. The van der Waals surface area contributed by atoms with Gasteiger partial charge in [-0.3, -0.25) is 0 Å². The highest BCUT2D eigenvalue weighted by atomic mass is 32.2. The van der Waals surface area contributed by atoms with Gasteiger partial charge in [0.25, 0.3) is 0 Å². The smallest absolute Gasteiger partial charge is 0.244 e. The fraction of sp³-hybridized carbons (Fsp3) is 0.667. The number of nitrogens with one attached hydrogen (secondary N) is 1. The van der Waals surface area contributed by atoms with Crippen LogP contribution in [-0.2, 0) is 16.6 Å². The number of nitrogens with zero attached hydrogens (tertiary/aromatic N) is 2. The highest BCUT2D eigenvalue weighted by Crippen LogP contribution is 2.28. The first-order chi connectivity index (χ1) is 8.95. The molecule has 1 aliphatic heterocycles. The standard InChI is InChI=1S/C12H21N3O2S2/c1-10-12(8-11(18-10)9-13-2)19(16,17)15-6-4-14(3)5-7-15/h8,13H,4-7,9H2,1-3H3. The van der Waals surface area contributed by atoms with Crippen LogP contribution >= 0.6 is 11.3 Å². The van der Waals surface area contributed by atoms with E-state index in [-0.39, 0.29) is 0 Å². The van der Waals surface area contributed by atoms with Gasteiger partial charge in [-0.05, 0) is 27.1 Å². The van der Waals surface area contributed by atoms with E-state index < -0.39 is 10.0 Å². The molecule has 7 heteroatoms. The lowest BCUT2D eigenvalue weighted by Crippen LogP contribution is -2.47. The molecule has 1 aromatic rings. The summed E-state index contributed by atoms with van der Waals surface area (Å²) in [5.74, 6) is 0. The maximum absolute atomic E-state index is 12.6. The van der Waals surface area contributed by atoms with Gasteiger partial charge in [-0.25, -0.2) is 8.42 Å². The number of rotatable bonds is 4. The summed E-state index contributed by atoms with van der Waals surface area (Å²) < 4.78 is 26.9. The first-order valence-electron chi connectivity index (χ1n) is 6.37. The van der Waals surface area contributed by atoms with E-state index in [2.05, 4.69) is 10.2 Å². The van der Waals surface area contributed by atoms with Crippen LogP contribution < -0.4 is 5.32 Å². The third-order valence-corrected chi connectivity index (χ3v) is 6.56. The molecule has 1 fully saturated rings. The quantitative estimate of drug-likeness (QED) is 0.890. The Balaban J connectivity index is 2.24. The van der Waals surface area contributed by atoms with Crippen molar-refractivity contribution >= 4 is 21.4 Å². The lowest BCUT2D eigenvalue weighted by molar-refractivity contribution is 0.222. The predicted molar refractivity (Wildman–Crippen MR) is 78.1 cm³/mol. The summed E-state index contributed by atoms with van der Waals surface area (Å²) in [4.78, 5) is 4.57. The van der Waals surface area contributed by atoms with Gasteiger partial charge in [-0.2, -0.15) is 4.31 Å². The van der Waals surface area contributed by atoms with Crippen molar-refractivity contribution in [3.8, 4) is 0 Å². The molecule has 0 atom stereocenters. The van der Waals surface area contributed by atoms with Crippen LogP contribution in [0.4, 0.5) is 0 Å². The van der Waals surface area contributed by atoms with Crippen LogP contribution in [0.1, 0.15) is 9.75 Å². The van der Waals surface area contributed by atoms with Gasteiger partial charge in [-0.1, -0.05) is 0 Å². The van der Waals surface area contributed by atoms with Crippen molar-refractivity contribution in [1.29, 1.82) is 0 Å². The summed E-state index contributed by atoms with van der Waals surface area (Å²) in [6.45, 7) is 5.35. The molecule has 0 aliphatic carbocycles. The van der Waals surface area contributed by atoms with E-state index in [9.17, 15) is 8.42 Å². The molecule has 1 aliphatic rings. The summed E-state index contributed by atoms with van der Waals surface area (Å²) in [5, 5.41) is 3.06. The van der Waals surface area contributed by atoms with Crippen molar-refractivity contribution in [2.24, 2.45) is 0 Å². The van der Waals surface area contributed by atoms with Crippen molar-refractivity contribution in [1.82, 2.24) is 14.5 Å². The molecule has 5 nitrogen and oxygen atoms in total. The van der Waals surface area contributed by atoms with E-state index in [0.717, 1.165) is 22.8 Å². The van der Waals surface area contributed by atoms with Gasteiger partial charge < -0.3 is 10.2 Å². The van der Waals surface area contributed by atoms with Gasteiger partial charge in [0, 0.05) is 42.5 Å². The van der Waals surface area contributed by atoms with Crippen LogP contribution in [0.25, 0.3) is 0 Å². The summed E-state index contributed by atoms with van der Waals surface area (Å²) in [7, 11) is 0.559. The predicted octanol–water partition coefficient (Wildman–Crippen LogP) is 0.712. The number of piperazine rings is 1. The molecule has 1 N–H and O–H groups in total. The van der Waals surface area contributed by atoms with E-state index in [1.807, 2.05) is 27.1 Å². The molecule has 0 amide bonds. The monoisotopic (exact) mass is 303 g/mol. The van der Waals surface area contributed by atoms with Gasteiger partial charge in [0.1, 0.15) is 0 Å². The van der Waals surface area contributed by atoms with Gasteiger partial charge >= 0.3 is 0 Å². The molecule has 1 aromatic heterocycles. The molecule has 2 heterocycles. The van der Waals surface area contributed by atoms with Crippen molar-refractivity contribution in [3.63, 3.8) is 0 Å². The molecule has 2 rings (SSSR count). The Labute approximate surface area is 119 Å². The molecule has 108 valence electrons. The van der Waals surface area contributed by atoms with Crippen LogP contribution in [0.3, 0.4) is 0 Å². The van der Waals surface area contributed by atoms with Gasteiger partial charge in [0.15, 0.2) is 0 Å². The third-order valence-electron chi connectivity index (χ3n) is 3.35. The minimum atomic E-state index is -3.32. The molecule has 0 radical (unpaired) electrons. The highest BCUT2D eigenvalue weighted by molar-refractivity contribution is 7.89. The Morgan fingerprint density at radius 1 is 1.32 bits per heavy atom. The zero-order valence-corrected chi connectivity index (χ0v) is 13.3. The maximum atomic E-state index is 12.6. The Morgan fingerprint density at radius 3 is 2.53 bits per heavy atom. The molecule has 19 heavy (non-hydrogen) atoms. The molecule has 0 spiro atoms. The number of sulfonamides is 1. The second-order valence-electron chi connectivity index (χ2n) is 4.87. The van der Waals surface area contributed by atoms with E-state index >= 15 is 0 Å². The highest BCUT2D eigenvalue weighted by Gasteiger charge is 2.29. The molecular formula is C12H21N3O2S2. The fourth-order valence-electron chi connectivity index (χ4n) is 2.21. The summed E-state index contributed by atoms with van der Waals surface area (Å²) in [6.07, 6.45) is 0. The van der Waals surface area contributed by atoms with Crippen LogP contribution in [0.5, 0.6) is 0 Å². The SMILES string of the molecule is CNCc1cc(S(=O)(=O)N2CCN(C)CC2)c(C)s1. The Hall–Kier alpha value is -0.470.